The predicted molar refractivity (Wildman–Crippen MR) is 129 cm³/mol. The Bertz CT molecular complexity index is 1270. The molecule has 4 atom stereocenters. The molecule has 1 amide bonds. The molecule has 210 valence electrons. The van der Waals surface area contributed by atoms with Gasteiger partial charge in [0.15, 0.2) is 5.82 Å². The Morgan fingerprint density at radius 1 is 1.23 bits per heavy atom. The number of amides is 1. The third-order valence-corrected chi connectivity index (χ3v) is 6.88. The van der Waals surface area contributed by atoms with Gasteiger partial charge in [-0.25, -0.2) is 14.3 Å². The van der Waals surface area contributed by atoms with E-state index in [9.17, 15) is 29.9 Å². The summed E-state index contributed by atoms with van der Waals surface area (Å²) in [7, 11) is 0. The Hall–Kier alpha value is -3.84. The van der Waals surface area contributed by atoms with Crippen molar-refractivity contribution in [1.29, 1.82) is 5.26 Å². The second kappa shape index (κ2) is 11.5. The molecule has 0 radical (unpaired) electrons. The van der Waals surface area contributed by atoms with Crippen molar-refractivity contribution in [2.75, 3.05) is 18.7 Å². The van der Waals surface area contributed by atoms with E-state index >= 15 is 0 Å². The van der Waals surface area contributed by atoms with E-state index in [1.54, 1.807) is 0 Å². The molecule has 1 saturated heterocycles. The van der Waals surface area contributed by atoms with Gasteiger partial charge in [0, 0.05) is 12.5 Å². The number of hydrogen-bond acceptors (Lipinski definition) is 13. The number of carbonyl (C=O) groups excluding carboxylic acids is 3. The molecular weight excluding hydrogens is 516 g/mol. The first-order valence-corrected chi connectivity index (χ1v) is 12.4. The lowest BCUT2D eigenvalue weighted by atomic mass is 9.80. The van der Waals surface area contributed by atoms with Crippen LogP contribution in [-0.4, -0.2) is 80.1 Å². The van der Waals surface area contributed by atoms with E-state index in [1.165, 1.54) is 16.6 Å². The van der Waals surface area contributed by atoms with Gasteiger partial charge in [0.05, 0.1) is 12.1 Å². The lowest BCUT2D eigenvalue weighted by molar-refractivity contribution is -0.152. The van der Waals surface area contributed by atoms with Crippen LogP contribution in [0, 0.1) is 11.3 Å². The van der Waals surface area contributed by atoms with Crippen LogP contribution in [0.5, 0.6) is 0 Å². The molecule has 4 rings (SSSR count). The number of nitriles is 1. The zero-order chi connectivity index (χ0) is 28.2. The van der Waals surface area contributed by atoms with E-state index in [-0.39, 0.29) is 23.4 Å². The highest BCUT2D eigenvalue weighted by Crippen LogP contribution is 2.40. The van der Waals surface area contributed by atoms with Crippen LogP contribution in [-0.2, 0) is 34.1 Å². The summed E-state index contributed by atoms with van der Waals surface area (Å²) in [5, 5.41) is 38.1. The van der Waals surface area contributed by atoms with Gasteiger partial charge < -0.3 is 34.9 Å². The van der Waals surface area contributed by atoms with Crippen LogP contribution in [0.3, 0.4) is 0 Å². The van der Waals surface area contributed by atoms with Crippen LogP contribution in [0.1, 0.15) is 51.1 Å². The fourth-order valence-corrected chi connectivity index (χ4v) is 4.87. The molecule has 0 spiro atoms. The van der Waals surface area contributed by atoms with Gasteiger partial charge in [0.25, 0.3) is 0 Å². The van der Waals surface area contributed by atoms with Crippen LogP contribution < -0.4 is 11.1 Å². The molecule has 39 heavy (non-hydrogen) atoms. The number of hydrogen-bond donors (Lipinski definition) is 4. The summed E-state index contributed by atoms with van der Waals surface area (Å²) in [6.07, 6.45) is -0.0314. The first kappa shape index (κ1) is 28.2. The maximum atomic E-state index is 12.5. The molecule has 2 aromatic rings. The minimum Gasteiger partial charge on any atom is -0.463 e. The predicted octanol–water partition coefficient (Wildman–Crippen LogP) is 0.233. The molecular formula is C24H30N6O9. The summed E-state index contributed by atoms with van der Waals surface area (Å²) in [6.45, 7) is 0.137. The van der Waals surface area contributed by atoms with Gasteiger partial charge in [-0.15, -0.1) is 0 Å². The van der Waals surface area contributed by atoms with Crippen LogP contribution in [0.2, 0.25) is 0 Å². The summed E-state index contributed by atoms with van der Waals surface area (Å²) in [6, 6.07) is 4.77. The molecule has 2 fully saturated rings. The molecule has 0 unspecified atom stereocenters. The number of ether oxygens (including phenoxy) is 4. The quantitative estimate of drug-likeness (QED) is 0.257. The topological polar surface area (TPSA) is 221 Å². The van der Waals surface area contributed by atoms with E-state index < -0.39 is 60.9 Å². The number of aliphatic hydroxyl groups excluding tert-OH is 2. The molecule has 2 aromatic heterocycles. The van der Waals surface area contributed by atoms with E-state index in [2.05, 4.69) is 20.1 Å². The van der Waals surface area contributed by atoms with Crippen LogP contribution in [0.25, 0.3) is 5.52 Å². The number of nitrogens with zero attached hydrogens (tertiary/aromatic N) is 4. The van der Waals surface area contributed by atoms with Gasteiger partial charge in [-0.3, -0.25) is 14.9 Å². The zero-order valence-corrected chi connectivity index (χ0v) is 21.2. The number of esters is 2. The zero-order valence-electron chi connectivity index (χ0n) is 21.2. The molecule has 1 saturated carbocycles. The lowest BCUT2D eigenvalue weighted by Gasteiger charge is -2.32. The average Bonchev–Trinajstić information content (AvgIpc) is 3.43. The van der Waals surface area contributed by atoms with E-state index in [4.69, 9.17) is 19.9 Å². The van der Waals surface area contributed by atoms with Gasteiger partial charge in [0.1, 0.15) is 42.8 Å². The third-order valence-electron chi connectivity index (χ3n) is 6.88. The van der Waals surface area contributed by atoms with Gasteiger partial charge in [-0.1, -0.05) is 19.3 Å². The summed E-state index contributed by atoms with van der Waals surface area (Å²) in [4.78, 5) is 39.3. The summed E-state index contributed by atoms with van der Waals surface area (Å²) in [5.41, 5.74) is 3.82. The number of rotatable bonds is 8. The van der Waals surface area contributed by atoms with E-state index in [1.807, 2.05) is 6.07 Å². The van der Waals surface area contributed by atoms with Gasteiger partial charge in [-0.05, 0) is 25.0 Å². The van der Waals surface area contributed by atoms with Crippen molar-refractivity contribution in [2.45, 2.75) is 74.9 Å². The third kappa shape index (κ3) is 5.93. The number of nitrogens with one attached hydrogen (secondary N) is 1. The highest BCUT2D eigenvalue weighted by Gasteiger charge is 2.58. The minimum absolute atomic E-state index is 0.0150. The SMILES string of the molecule is CC(=O)OCOC(=O)Nc1ncnn2c([C@]3(C#N)O[C@H](COC(=O)CC4(N)CCCCC4)[C@@H](O)[C@H]3O)ccc12. The summed E-state index contributed by atoms with van der Waals surface area (Å²) < 4.78 is 21.6. The second-order valence-electron chi connectivity index (χ2n) is 9.66. The van der Waals surface area contributed by atoms with Crippen LogP contribution in [0.4, 0.5) is 10.6 Å². The summed E-state index contributed by atoms with van der Waals surface area (Å²) >= 11 is 0. The fraction of sp³-hybridized carbons (Fsp3) is 0.583. The van der Waals surface area contributed by atoms with Crippen molar-refractivity contribution in [2.24, 2.45) is 5.73 Å². The smallest absolute Gasteiger partial charge is 0.415 e. The largest absolute Gasteiger partial charge is 0.463 e. The number of carbonyl (C=O) groups is 3. The molecule has 1 aliphatic heterocycles. The van der Waals surface area contributed by atoms with E-state index in [0.29, 0.717) is 12.8 Å². The Kier molecular flexibility index (Phi) is 8.31. The normalized spacial score (nSPS) is 26.0. The molecule has 3 heterocycles. The van der Waals surface area contributed by atoms with Crippen molar-refractivity contribution in [1.82, 2.24) is 14.6 Å². The molecule has 2 aliphatic rings. The first-order chi connectivity index (χ1) is 18.6. The van der Waals surface area contributed by atoms with Crippen LogP contribution in [0.15, 0.2) is 18.5 Å². The van der Waals surface area contributed by atoms with Gasteiger partial charge in [-0.2, -0.15) is 10.4 Å². The number of aromatic nitrogens is 3. The molecule has 5 N–H and O–H groups in total. The minimum atomic E-state index is -2.09. The maximum absolute atomic E-state index is 12.5. The molecule has 0 aromatic carbocycles. The molecule has 0 bridgehead atoms. The molecule has 15 nitrogen and oxygen atoms in total. The Morgan fingerprint density at radius 2 is 1.97 bits per heavy atom. The lowest BCUT2D eigenvalue weighted by Crippen LogP contribution is -2.44. The Morgan fingerprint density at radius 3 is 2.67 bits per heavy atom. The average molecular weight is 547 g/mol. The Labute approximate surface area is 222 Å². The van der Waals surface area contributed by atoms with Crippen LogP contribution >= 0.6 is 0 Å². The fourth-order valence-electron chi connectivity index (χ4n) is 4.87. The highest BCUT2D eigenvalue weighted by molar-refractivity contribution is 5.88. The number of anilines is 1. The van der Waals surface area contributed by atoms with Crippen molar-refractivity contribution in [3.8, 4) is 6.07 Å². The van der Waals surface area contributed by atoms with Crippen molar-refractivity contribution in [3.05, 3.63) is 24.2 Å². The first-order valence-electron chi connectivity index (χ1n) is 12.4. The Balaban J connectivity index is 1.48. The second-order valence-corrected chi connectivity index (χ2v) is 9.66. The summed E-state index contributed by atoms with van der Waals surface area (Å²) in [5.74, 6) is -1.21. The van der Waals surface area contributed by atoms with Crippen molar-refractivity contribution >= 4 is 29.4 Å². The van der Waals surface area contributed by atoms with E-state index in [0.717, 1.165) is 32.5 Å². The molecule has 15 heteroatoms. The van der Waals surface area contributed by atoms with Crippen molar-refractivity contribution < 1.29 is 43.5 Å². The molecule has 1 aliphatic carbocycles. The maximum Gasteiger partial charge on any atom is 0.415 e. The standard InChI is InChI=1S/C24H30N6O9/c1-14(31)37-13-38-22(35)29-21-15-5-6-17(30(15)28-12-27-21)24(11-25)20(34)19(33)16(39-24)10-36-18(32)9-23(26)7-3-2-4-8-23/h5-6,12,16,19-20,33-34H,2-4,7-10,13,26H2,1H3,(H,27,28,29,35)/t16-,19-,20-,24+/m1/s1. The van der Waals surface area contributed by atoms with Gasteiger partial charge in [0.2, 0.25) is 12.4 Å². The van der Waals surface area contributed by atoms with Gasteiger partial charge >= 0.3 is 18.0 Å². The number of fused-ring (bicyclic) bond motifs is 1. The number of aliphatic hydroxyl groups is 2. The number of nitrogens with two attached hydrogens (primary N) is 1. The van der Waals surface area contributed by atoms with Crippen molar-refractivity contribution in [3.63, 3.8) is 0 Å². The monoisotopic (exact) mass is 546 g/mol. The highest BCUT2D eigenvalue weighted by atomic mass is 16.7.